The highest BCUT2D eigenvalue weighted by Crippen LogP contribution is 2.47. The van der Waals surface area contributed by atoms with E-state index in [0.717, 1.165) is 9.75 Å². The first kappa shape index (κ1) is 11.4. The van der Waals surface area contributed by atoms with Crippen LogP contribution in [0.15, 0.2) is 0 Å². The molecule has 1 rings (SSSR count). The molecule has 0 aliphatic rings. The summed E-state index contributed by atoms with van der Waals surface area (Å²) >= 11 is 1.65. The largest absolute Gasteiger partial charge is 0.503 e. The maximum Gasteiger partial charge on any atom is 0.174 e. The fraction of sp³-hybridized carbons (Fsp3) is 0.636. The molecule has 0 unspecified atom stereocenters. The minimum absolute atomic E-state index is 0.330. The number of methoxy groups -OCH3 is 1. The monoisotopic (exact) mass is 214 g/mol. The van der Waals surface area contributed by atoms with E-state index < -0.39 is 0 Å². The number of ether oxygens (including phenoxy) is 1. The Morgan fingerprint density at radius 2 is 1.57 bits per heavy atom. The van der Waals surface area contributed by atoms with E-state index in [0.29, 0.717) is 23.3 Å². The predicted octanol–water partition coefficient (Wildman–Crippen LogP) is 3.71. The Morgan fingerprint density at radius 3 is 1.86 bits per heavy atom. The van der Waals surface area contributed by atoms with Crippen LogP contribution in [0.4, 0.5) is 0 Å². The van der Waals surface area contributed by atoms with E-state index >= 15 is 0 Å². The Balaban J connectivity index is 3.24. The summed E-state index contributed by atoms with van der Waals surface area (Å²) in [4.78, 5) is 2.15. The van der Waals surface area contributed by atoms with Crippen molar-refractivity contribution >= 4 is 11.3 Å². The lowest BCUT2D eigenvalue weighted by Gasteiger charge is -2.04. The van der Waals surface area contributed by atoms with Crippen molar-refractivity contribution in [3.8, 4) is 11.5 Å². The van der Waals surface area contributed by atoms with Crippen molar-refractivity contribution in [2.45, 2.75) is 39.5 Å². The average Bonchev–Trinajstić information content (AvgIpc) is 2.42. The van der Waals surface area contributed by atoms with E-state index in [-0.39, 0.29) is 0 Å². The quantitative estimate of drug-likeness (QED) is 0.831. The Morgan fingerprint density at radius 1 is 1.07 bits per heavy atom. The Labute approximate surface area is 89.5 Å². The first-order chi connectivity index (χ1) is 6.49. The van der Waals surface area contributed by atoms with Crippen LogP contribution in [-0.2, 0) is 0 Å². The molecule has 1 aromatic heterocycles. The zero-order chi connectivity index (χ0) is 10.9. The van der Waals surface area contributed by atoms with Crippen molar-refractivity contribution in [3.63, 3.8) is 0 Å². The summed E-state index contributed by atoms with van der Waals surface area (Å²) in [5.74, 6) is 1.74. The molecule has 0 radical (unpaired) electrons. The number of aromatic hydroxyl groups is 1. The molecule has 0 aromatic carbocycles. The smallest absolute Gasteiger partial charge is 0.174 e. The van der Waals surface area contributed by atoms with Crippen LogP contribution >= 0.6 is 11.3 Å². The molecule has 0 aliphatic carbocycles. The van der Waals surface area contributed by atoms with Gasteiger partial charge in [-0.15, -0.1) is 11.3 Å². The summed E-state index contributed by atoms with van der Waals surface area (Å²) in [5.41, 5.74) is 0. The van der Waals surface area contributed by atoms with Gasteiger partial charge in [-0.25, -0.2) is 0 Å². The highest BCUT2D eigenvalue weighted by Gasteiger charge is 2.21. The third kappa shape index (κ3) is 1.87. The van der Waals surface area contributed by atoms with Gasteiger partial charge in [-0.05, 0) is 11.8 Å². The lowest BCUT2D eigenvalue weighted by Crippen LogP contribution is -1.88. The Hall–Kier alpha value is -0.700. The van der Waals surface area contributed by atoms with Crippen molar-refractivity contribution in [1.82, 2.24) is 0 Å². The zero-order valence-electron chi connectivity index (χ0n) is 9.42. The third-order valence-corrected chi connectivity index (χ3v) is 3.91. The second kappa shape index (κ2) is 4.22. The van der Waals surface area contributed by atoms with Crippen LogP contribution in [0.2, 0.25) is 0 Å². The van der Waals surface area contributed by atoms with Crippen LogP contribution in [-0.4, -0.2) is 12.2 Å². The molecule has 1 N–H and O–H groups in total. The fourth-order valence-electron chi connectivity index (χ4n) is 1.41. The van der Waals surface area contributed by atoms with Crippen molar-refractivity contribution < 1.29 is 9.84 Å². The normalized spacial score (nSPS) is 11.4. The van der Waals surface area contributed by atoms with Crippen LogP contribution in [0.1, 0.15) is 49.3 Å². The molecule has 14 heavy (non-hydrogen) atoms. The maximum atomic E-state index is 9.91. The summed E-state index contributed by atoms with van der Waals surface area (Å²) in [5, 5.41) is 9.91. The SMILES string of the molecule is COc1c(C(C)C)sc(C(C)C)c1O. The van der Waals surface area contributed by atoms with E-state index in [1.54, 1.807) is 18.4 Å². The van der Waals surface area contributed by atoms with Crippen molar-refractivity contribution in [2.24, 2.45) is 0 Å². The minimum atomic E-state index is 0.330. The summed E-state index contributed by atoms with van der Waals surface area (Å²) in [6.45, 7) is 8.38. The predicted molar refractivity (Wildman–Crippen MR) is 60.7 cm³/mol. The van der Waals surface area contributed by atoms with Gasteiger partial charge >= 0.3 is 0 Å². The molecule has 0 amide bonds. The number of hydrogen-bond donors (Lipinski definition) is 1. The highest BCUT2D eigenvalue weighted by atomic mass is 32.1. The summed E-state index contributed by atoms with van der Waals surface area (Å²) in [6.07, 6.45) is 0. The molecule has 0 spiro atoms. The Kier molecular flexibility index (Phi) is 3.43. The summed E-state index contributed by atoms with van der Waals surface area (Å²) in [6, 6.07) is 0. The number of thiophene rings is 1. The lowest BCUT2D eigenvalue weighted by atomic mass is 10.1. The number of hydrogen-bond acceptors (Lipinski definition) is 3. The molecular weight excluding hydrogens is 196 g/mol. The molecule has 3 heteroatoms. The first-order valence-electron chi connectivity index (χ1n) is 4.88. The summed E-state index contributed by atoms with van der Waals surface area (Å²) < 4.78 is 5.23. The lowest BCUT2D eigenvalue weighted by molar-refractivity contribution is 0.369. The molecule has 0 bridgehead atoms. The van der Waals surface area contributed by atoms with E-state index in [1.165, 1.54) is 0 Å². The molecule has 0 aliphatic heterocycles. The van der Waals surface area contributed by atoms with Gasteiger partial charge in [0.2, 0.25) is 0 Å². The van der Waals surface area contributed by atoms with E-state index in [9.17, 15) is 5.11 Å². The highest BCUT2D eigenvalue weighted by molar-refractivity contribution is 7.13. The van der Waals surface area contributed by atoms with Crippen LogP contribution in [0.3, 0.4) is 0 Å². The van der Waals surface area contributed by atoms with Crippen LogP contribution in [0, 0.1) is 0 Å². The third-order valence-electron chi connectivity index (χ3n) is 2.15. The van der Waals surface area contributed by atoms with Gasteiger partial charge in [-0.1, -0.05) is 27.7 Å². The van der Waals surface area contributed by atoms with Crippen molar-refractivity contribution in [3.05, 3.63) is 9.75 Å². The molecule has 0 fully saturated rings. The van der Waals surface area contributed by atoms with Gasteiger partial charge in [0.05, 0.1) is 16.9 Å². The second-order valence-corrected chi connectivity index (χ2v) is 5.11. The van der Waals surface area contributed by atoms with Crippen molar-refractivity contribution in [1.29, 1.82) is 0 Å². The van der Waals surface area contributed by atoms with E-state index in [1.807, 2.05) is 0 Å². The van der Waals surface area contributed by atoms with Gasteiger partial charge in [0.25, 0.3) is 0 Å². The molecule has 0 atom stereocenters. The molecule has 0 saturated carbocycles. The van der Waals surface area contributed by atoms with Gasteiger partial charge in [0.15, 0.2) is 11.5 Å². The molecule has 1 heterocycles. The van der Waals surface area contributed by atoms with Gasteiger partial charge < -0.3 is 9.84 Å². The summed E-state index contributed by atoms with van der Waals surface area (Å²) in [7, 11) is 1.61. The fourth-order valence-corrected chi connectivity index (χ4v) is 2.58. The van der Waals surface area contributed by atoms with Crippen LogP contribution < -0.4 is 4.74 Å². The topological polar surface area (TPSA) is 29.5 Å². The van der Waals surface area contributed by atoms with E-state index in [4.69, 9.17) is 4.74 Å². The zero-order valence-corrected chi connectivity index (χ0v) is 10.2. The van der Waals surface area contributed by atoms with Gasteiger partial charge in [-0.3, -0.25) is 0 Å². The van der Waals surface area contributed by atoms with Crippen LogP contribution in [0.25, 0.3) is 0 Å². The molecule has 2 nitrogen and oxygen atoms in total. The first-order valence-corrected chi connectivity index (χ1v) is 5.70. The van der Waals surface area contributed by atoms with Crippen LogP contribution in [0.5, 0.6) is 11.5 Å². The average molecular weight is 214 g/mol. The van der Waals surface area contributed by atoms with Crippen molar-refractivity contribution in [2.75, 3.05) is 7.11 Å². The number of rotatable bonds is 3. The molecule has 0 saturated heterocycles. The maximum absolute atomic E-state index is 9.91. The Bertz CT molecular complexity index is 313. The molecule has 1 aromatic rings. The van der Waals surface area contributed by atoms with E-state index in [2.05, 4.69) is 27.7 Å². The minimum Gasteiger partial charge on any atom is -0.503 e. The van der Waals surface area contributed by atoms with Gasteiger partial charge in [0, 0.05) is 0 Å². The van der Waals surface area contributed by atoms with Gasteiger partial charge in [0.1, 0.15) is 0 Å². The van der Waals surface area contributed by atoms with Gasteiger partial charge in [-0.2, -0.15) is 0 Å². The second-order valence-electron chi connectivity index (χ2n) is 4.02. The molecular formula is C11H18O2S. The molecule has 80 valence electrons. The standard InChI is InChI=1S/C11H18O2S/c1-6(2)10-8(12)9(13-5)11(14-10)7(3)4/h6-7,12H,1-5H3.